The minimum absolute atomic E-state index is 0.0718. The Morgan fingerprint density at radius 1 is 1.53 bits per heavy atom. The molecule has 1 aliphatic rings. The van der Waals surface area contributed by atoms with Crippen LogP contribution in [0.2, 0.25) is 0 Å². The fourth-order valence-corrected chi connectivity index (χ4v) is 2.26. The lowest BCUT2D eigenvalue weighted by molar-refractivity contribution is 0.249. The van der Waals surface area contributed by atoms with E-state index < -0.39 is 0 Å². The fraction of sp³-hybridized carbons (Fsp3) is 0.600. The van der Waals surface area contributed by atoms with Crippen molar-refractivity contribution in [2.75, 3.05) is 13.2 Å². The van der Waals surface area contributed by atoms with Gasteiger partial charge in [-0.3, -0.25) is 0 Å². The van der Waals surface area contributed by atoms with Gasteiger partial charge in [0.15, 0.2) is 0 Å². The van der Waals surface area contributed by atoms with Crippen molar-refractivity contribution in [3.63, 3.8) is 0 Å². The molecule has 1 heterocycles. The molecular weight excluding hydrogens is 242 g/mol. The first-order valence-corrected chi connectivity index (χ1v) is 6.93. The summed E-state index contributed by atoms with van der Waals surface area (Å²) in [7, 11) is 0. The lowest BCUT2D eigenvalue weighted by Crippen LogP contribution is -2.28. The minimum Gasteiger partial charge on any atom is -0.494 e. The summed E-state index contributed by atoms with van der Waals surface area (Å²) in [5, 5.41) is 12.3. The third kappa shape index (κ3) is 3.39. The van der Waals surface area contributed by atoms with Crippen molar-refractivity contribution in [2.24, 2.45) is 0 Å². The average molecular weight is 265 g/mol. The molecule has 19 heavy (non-hydrogen) atoms. The second-order valence-electron chi connectivity index (χ2n) is 5.10. The van der Waals surface area contributed by atoms with Crippen molar-refractivity contribution >= 4 is 0 Å². The highest BCUT2D eigenvalue weighted by Crippen LogP contribution is 2.35. The van der Waals surface area contributed by atoms with E-state index in [1.165, 1.54) is 5.56 Å². The Kier molecular flexibility index (Phi) is 4.66. The molecule has 4 heteroatoms. The van der Waals surface area contributed by atoms with Crippen molar-refractivity contribution in [3.8, 4) is 11.5 Å². The van der Waals surface area contributed by atoms with Crippen molar-refractivity contribution in [2.45, 2.75) is 45.9 Å². The molecule has 1 aromatic rings. The lowest BCUT2D eigenvalue weighted by Gasteiger charge is -2.15. The van der Waals surface area contributed by atoms with Crippen molar-refractivity contribution in [1.82, 2.24) is 5.32 Å². The van der Waals surface area contributed by atoms with Crippen LogP contribution in [0, 0.1) is 0 Å². The first-order chi connectivity index (χ1) is 9.13. The van der Waals surface area contributed by atoms with Crippen LogP contribution in [0.25, 0.3) is 0 Å². The zero-order valence-corrected chi connectivity index (χ0v) is 11.9. The van der Waals surface area contributed by atoms with E-state index in [9.17, 15) is 0 Å². The Morgan fingerprint density at radius 3 is 3.00 bits per heavy atom. The number of aliphatic hydroxyl groups is 1. The van der Waals surface area contributed by atoms with Gasteiger partial charge in [0.05, 0.1) is 13.2 Å². The molecule has 2 N–H and O–H groups in total. The Labute approximate surface area is 114 Å². The van der Waals surface area contributed by atoms with E-state index in [1.54, 1.807) is 0 Å². The van der Waals surface area contributed by atoms with Gasteiger partial charge in [0.25, 0.3) is 0 Å². The topological polar surface area (TPSA) is 50.7 Å². The van der Waals surface area contributed by atoms with Gasteiger partial charge >= 0.3 is 0 Å². The summed E-state index contributed by atoms with van der Waals surface area (Å²) >= 11 is 0. The van der Waals surface area contributed by atoms with Crippen LogP contribution in [0.15, 0.2) is 12.1 Å². The molecule has 0 unspecified atom stereocenters. The summed E-state index contributed by atoms with van der Waals surface area (Å²) < 4.78 is 11.5. The molecule has 106 valence electrons. The molecule has 0 aliphatic carbocycles. The second-order valence-corrected chi connectivity index (χ2v) is 5.10. The van der Waals surface area contributed by atoms with Gasteiger partial charge in [0.1, 0.15) is 17.6 Å². The van der Waals surface area contributed by atoms with Crippen molar-refractivity contribution in [1.29, 1.82) is 0 Å². The van der Waals surface area contributed by atoms with Gasteiger partial charge in [0, 0.05) is 30.1 Å². The Morgan fingerprint density at radius 2 is 2.32 bits per heavy atom. The van der Waals surface area contributed by atoms with E-state index >= 15 is 0 Å². The van der Waals surface area contributed by atoms with Crippen LogP contribution in [-0.4, -0.2) is 30.5 Å². The van der Waals surface area contributed by atoms with Crippen LogP contribution in [0.5, 0.6) is 11.5 Å². The van der Waals surface area contributed by atoms with Crippen LogP contribution in [0.1, 0.15) is 31.9 Å². The molecule has 1 aromatic carbocycles. The van der Waals surface area contributed by atoms with Gasteiger partial charge in [-0.1, -0.05) is 0 Å². The molecule has 0 aromatic heterocycles. The molecule has 0 bridgehead atoms. The maximum atomic E-state index is 9.06. The molecule has 0 amide bonds. The van der Waals surface area contributed by atoms with Crippen LogP contribution in [0.3, 0.4) is 0 Å². The number of aliphatic hydroxyl groups excluding tert-OH is 1. The quantitative estimate of drug-likeness (QED) is 0.824. The number of fused-ring (bicyclic) bond motifs is 1. The van der Waals surface area contributed by atoms with Crippen LogP contribution >= 0.6 is 0 Å². The zero-order chi connectivity index (χ0) is 13.8. The maximum Gasteiger partial charge on any atom is 0.124 e. The molecule has 0 saturated heterocycles. The zero-order valence-electron chi connectivity index (χ0n) is 11.9. The average Bonchev–Trinajstić information content (AvgIpc) is 2.75. The largest absolute Gasteiger partial charge is 0.494 e. The molecule has 0 saturated carbocycles. The van der Waals surface area contributed by atoms with E-state index in [0.29, 0.717) is 13.2 Å². The molecule has 4 nitrogen and oxygen atoms in total. The predicted molar refractivity (Wildman–Crippen MR) is 74.8 cm³/mol. The monoisotopic (exact) mass is 265 g/mol. The highest BCUT2D eigenvalue weighted by molar-refractivity contribution is 5.48. The van der Waals surface area contributed by atoms with Gasteiger partial charge in [-0.25, -0.2) is 0 Å². The number of nitrogens with one attached hydrogen (secondary N) is 1. The molecule has 0 radical (unpaired) electrons. The summed E-state index contributed by atoms with van der Waals surface area (Å²) in [6.45, 7) is 7.46. The molecular formula is C15H23NO3. The van der Waals surface area contributed by atoms with E-state index in [4.69, 9.17) is 14.6 Å². The summed E-state index contributed by atoms with van der Waals surface area (Å²) in [5.41, 5.74) is 2.30. The SMILES string of the molecule is CCOc1cc2c(cc1CN[C@H](C)CO)O[C@H](C)C2. The van der Waals surface area contributed by atoms with Gasteiger partial charge < -0.3 is 19.9 Å². The summed E-state index contributed by atoms with van der Waals surface area (Å²) in [6.07, 6.45) is 1.18. The molecule has 1 aliphatic heterocycles. The molecule has 0 fully saturated rings. The van der Waals surface area contributed by atoms with E-state index in [2.05, 4.69) is 24.4 Å². The molecule has 2 rings (SSSR count). The Hall–Kier alpha value is -1.26. The van der Waals surface area contributed by atoms with Crippen LogP contribution in [0.4, 0.5) is 0 Å². The fourth-order valence-electron chi connectivity index (χ4n) is 2.26. The van der Waals surface area contributed by atoms with E-state index in [1.807, 2.05) is 13.8 Å². The minimum atomic E-state index is 0.0718. The first-order valence-electron chi connectivity index (χ1n) is 6.93. The lowest BCUT2D eigenvalue weighted by atomic mass is 10.1. The van der Waals surface area contributed by atoms with Crippen molar-refractivity contribution < 1.29 is 14.6 Å². The number of benzene rings is 1. The molecule has 0 spiro atoms. The third-order valence-electron chi connectivity index (χ3n) is 3.29. The normalized spacial score (nSPS) is 18.8. The van der Waals surface area contributed by atoms with Crippen molar-refractivity contribution in [3.05, 3.63) is 23.3 Å². The number of rotatable bonds is 6. The van der Waals surface area contributed by atoms with Crippen LogP contribution in [-0.2, 0) is 13.0 Å². The third-order valence-corrected chi connectivity index (χ3v) is 3.29. The summed E-state index contributed by atoms with van der Waals surface area (Å²) in [4.78, 5) is 0. The van der Waals surface area contributed by atoms with Crippen LogP contribution < -0.4 is 14.8 Å². The number of ether oxygens (including phenoxy) is 2. The smallest absolute Gasteiger partial charge is 0.124 e. The summed E-state index contributed by atoms with van der Waals surface area (Å²) in [5.74, 6) is 1.88. The standard InChI is InChI=1S/C15H23NO3/c1-4-18-14-6-12-5-11(3)19-15(12)7-13(14)8-16-10(2)9-17/h6-7,10-11,16-17H,4-5,8-9H2,1-3H3/t10-,11-/m1/s1. The highest BCUT2D eigenvalue weighted by atomic mass is 16.5. The van der Waals surface area contributed by atoms with Gasteiger partial charge in [-0.2, -0.15) is 0 Å². The number of hydrogen-bond donors (Lipinski definition) is 2. The summed E-state index contributed by atoms with van der Waals surface area (Å²) in [6, 6.07) is 4.21. The Bertz CT molecular complexity index is 434. The first kappa shape index (κ1) is 14.2. The second kappa shape index (κ2) is 6.26. The highest BCUT2D eigenvalue weighted by Gasteiger charge is 2.21. The van der Waals surface area contributed by atoms with E-state index in [0.717, 1.165) is 23.5 Å². The maximum absolute atomic E-state index is 9.06. The number of hydrogen-bond acceptors (Lipinski definition) is 4. The van der Waals surface area contributed by atoms with Gasteiger partial charge in [0.2, 0.25) is 0 Å². The van der Waals surface area contributed by atoms with Gasteiger partial charge in [-0.15, -0.1) is 0 Å². The molecule has 2 atom stereocenters. The predicted octanol–water partition coefficient (Wildman–Crippen LogP) is 1.88. The van der Waals surface area contributed by atoms with Gasteiger partial charge in [-0.05, 0) is 32.9 Å². The van der Waals surface area contributed by atoms with E-state index in [-0.39, 0.29) is 18.8 Å². The Balaban J connectivity index is 2.18.